The standard InChI is InChI=1S/C10H12N4O/c1-14-9(7-12-13-14)10(15)5-8-3-2-4-11-6-8/h2-4,6-7,10,15H,5H2,1H3. The van der Waals surface area contributed by atoms with E-state index in [1.807, 2.05) is 12.1 Å². The third kappa shape index (κ3) is 2.19. The van der Waals surface area contributed by atoms with Crippen LogP contribution in [0.1, 0.15) is 17.4 Å². The number of hydrogen-bond donors (Lipinski definition) is 1. The van der Waals surface area contributed by atoms with Crippen LogP contribution >= 0.6 is 0 Å². The van der Waals surface area contributed by atoms with Crippen LogP contribution in [0.15, 0.2) is 30.7 Å². The Balaban J connectivity index is 2.11. The second-order valence-corrected chi connectivity index (χ2v) is 3.36. The number of nitrogens with zero attached hydrogens (tertiary/aromatic N) is 4. The molecule has 1 atom stereocenters. The molecule has 0 aliphatic heterocycles. The Hall–Kier alpha value is -1.75. The van der Waals surface area contributed by atoms with Gasteiger partial charge in [-0.2, -0.15) is 0 Å². The van der Waals surface area contributed by atoms with E-state index in [0.29, 0.717) is 12.1 Å². The van der Waals surface area contributed by atoms with Crippen LogP contribution in [0.4, 0.5) is 0 Å². The molecule has 0 amide bonds. The molecule has 0 aromatic carbocycles. The first-order chi connectivity index (χ1) is 7.27. The predicted molar refractivity (Wildman–Crippen MR) is 53.9 cm³/mol. The topological polar surface area (TPSA) is 63.8 Å². The van der Waals surface area contributed by atoms with Crippen LogP contribution in [0.5, 0.6) is 0 Å². The maximum absolute atomic E-state index is 9.92. The zero-order chi connectivity index (χ0) is 10.7. The minimum atomic E-state index is -0.589. The van der Waals surface area contributed by atoms with Gasteiger partial charge in [0, 0.05) is 25.9 Å². The van der Waals surface area contributed by atoms with Gasteiger partial charge in [0.2, 0.25) is 0 Å². The van der Waals surface area contributed by atoms with Gasteiger partial charge in [0.15, 0.2) is 0 Å². The highest BCUT2D eigenvalue weighted by molar-refractivity contribution is 5.12. The molecule has 0 aliphatic carbocycles. The number of rotatable bonds is 3. The van der Waals surface area contributed by atoms with Crippen LogP contribution in [0.3, 0.4) is 0 Å². The van der Waals surface area contributed by atoms with Crippen LogP contribution in [-0.4, -0.2) is 25.1 Å². The molecular formula is C10H12N4O. The lowest BCUT2D eigenvalue weighted by molar-refractivity contribution is 0.168. The number of pyridine rings is 1. The summed E-state index contributed by atoms with van der Waals surface area (Å²) in [6.45, 7) is 0. The minimum Gasteiger partial charge on any atom is -0.386 e. The maximum atomic E-state index is 9.92. The van der Waals surface area contributed by atoms with Crippen LogP contribution in [0.2, 0.25) is 0 Å². The third-order valence-electron chi connectivity index (χ3n) is 2.24. The number of aromatic nitrogens is 4. The molecule has 0 radical (unpaired) electrons. The molecule has 2 rings (SSSR count). The van der Waals surface area contributed by atoms with Crippen molar-refractivity contribution in [2.24, 2.45) is 7.05 Å². The first-order valence-corrected chi connectivity index (χ1v) is 4.69. The fourth-order valence-electron chi connectivity index (χ4n) is 1.45. The lowest BCUT2D eigenvalue weighted by atomic mass is 10.1. The van der Waals surface area contributed by atoms with Gasteiger partial charge in [-0.1, -0.05) is 11.3 Å². The predicted octanol–water partition coefficient (Wildman–Crippen LogP) is 0.486. The molecule has 0 spiro atoms. The zero-order valence-electron chi connectivity index (χ0n) is 8.41. The quantitative estimate of drug-likeness (QED) is 0.790. The normalized spacial score (nSPS) is 12.7. The van der Waals surface area contributed by atoms with Crippen molar-refractivity contribution >= 4 is 0 Å². The Bertz CT molecular complexity index is 426. The summed E-state index contributed by atoms with van der Waals surface area (Å²) >= 11 is 0. The van der Waals surface area contributed by atoms with Crippen molar-refractivity contribution < 1.29 is 5.11 Å². The molecular weight excluding hydrogens is 192 g/mol. The molecule has 1 N–H and O–H groups in total. The number of aliphatic hydroxyl groups is 1. The molecule has 0 saturated carbocycles. The van der Waals surface area contributed by atoms with Gasteiger partial charge in [-0.05, 0) is 11.6 Å². The van der Waals surface area contributed by atoms with E-state index in [4.69, 9.17) is 0 Å². The average Bonchev–Trinajstić information content (AvgIpc) is 2.66. The summed E-state index contributed by atoms with van der Waals surface area (Å²) < 4.78 is 1.57. The summed E-state index contributed by atoms with van der Waals surface area (Å²) in [6.07, 6.45) is 4.96. The van der Waals surface area contributed by atoms with E-state index in [0.717, 1.165) is 5.56 Å². The molecule has 5 nitrogen and oxygen atoms in total. The van der Waals surface area contributed by atoms with Crippen LogP contribution in [0.25, 0.3) is 0 Å². The van der Waals surface area contributed by atoms with E-state index in [9.17, 15) is 5.11 Å². The lowest BCUT2D eigenvalue weighted by Gasteiger charge is -2.09. The summed E-state index contributed by atoms with van der Waals surface area (Å²) in [5.41, 5.74) is 1.70. The van der Waals surface area contributed by atoms with Crippen molar-refractivity contribution in [3.8, 4) is 0 Å². The number of aliphatic hydroxyl groups excluding tert-OH is 1. The Morgan fingerprint density at radius 1 is 1.47 bits per heavy atom. The molecule has 0 saturated heterocycles. The summed E-state index contributed by atoms with van der Waals surface area (Å²) in [5, 5.41) is 17.4. The van der Waals surface area contributed by atoms with E-state index >= 15 is 0 Å². The van der Waals surface area contributed by atoms with Gasteiger partial charge < -0.3 is 5.11 Å². The summed E-state index contributed by atoms with van der Waals surface area (Å²) in [6, 6.07) is 3.78. The second kappa shape index (κ2) is 4.18. The van der Waals surface area contributed by atoms with Gasteiger partial charge in [0.1, 0.15) is 6.10 Å². The van der Waals surface area contributed by atoms with Gasteiger partial charge in [0.05, 0.1) is 11.9 Å². The first-order valence-electron chi connectivity index (χ1n) is 4.69. The SMILES string of the molecule is Cn1nncc1C(O)Cc1cccnc1. The van der Waals surface area contributed by atoms with Crippen molar-refractivity contribution in [3.63, 3.8) is 0 Å². The minimum absolute atomic E-state index is 0.523. The fraction of sp³-hybridized carbons (Fsp3) is 0.300. The smallest absolute Gasteiger partial charge is 0.101 e. The molecule has 2 aromatic heterocycles. The molecule has 1 unspecified atom stereocenters. The summed E-state index contributed by atoms with van der Waals surface area (Å²) in [4.78, 5) is 3.99. The first kappa shape index (κ1) is 9.79. The van der Waals surface area contributed by atoms with E-state index in [2.05, 4.69) is 15.3 Å². The Labute approximate surface area is 87.4 Å². The van der Waals surface area contributed by atoms with E-state index in [1.54, 1.807) is 30.3 Å². The highest BCUT2D eigenvalue weighted by Crippen LogP contribution is 2.15. The largest absolute Gasteiger partial charge is 0.386 e. The second-order valence-electron chi connectivity index (χ2n) is 3.36. The zero-order valence-corrected chi connectivity index (χ0v) is 8.41. The van der Waals surface area contributed by atoms with Gasteiger partial charge >= 0.3 is 0 Å². The Morgan fingerprint density at radius 3 is 2.93 bits per heavy atom. The molecule has 15 heavy (non-hydrogen) atoms. The van der Waals surface area contributed by atoms with Crippen LogP contribution in [0, 0.1) is 0 Å². The lowest BCUT2D eigenvalue weighted by Crippen LogP contribution is -2.07. The molecule has 2 aromatic rings. The van der Waals surface area contributed by atoms with Gasteiger partial charge in [-0.3, -0.25) is 4.98 Å². The molecule has 78 valence electrons. The van der Waals surface area contributed by atoms with E-state index in [1.165, 1.54) is 0 Å². The highest BCUT2D eigenvalue weighted by Gasteiger charge is 2.12. The third-order valence-corrected chi connectivity index (χ3v) is 2.24. The van der Waals surface area contributed by atoms with Crippen molar-refractivity contribution in [1.29, 1.82) is 0 Å². The van der Waals surface area contributed by atoms with Gasteiger partial charge in [-0.15, -0.1) is 5.10 Å². The van der Waals surface area contributed by atoms with Crippen molar-refractivity contribution in [3.05, 3.63) is 42.0 Å². The average molecular weight is 204 g/mol. The monoisotopic (exact) mass is 204 g/mol. The summed E-state index contributed by atoms with van der Waals surface area (Å²) in [5.74, 6) is 0. The summed E-state index contributed by atoms with van der Waals surface area (Å²) in [7, 11) is 1.76. The Morgan fingerprint density at radius 2 is 2.33 bits per heavy atom. The highest BCUT2D eigenvalue weighted by atomic mass is 16.3. The maximum Gasteiger partial charge on any atom is 0.101 e. The Kier molecular flexibility index (Phi) is 2.73. The van der Waals surface area contributed by atoms with Crippen molar-refractivity contribution in [2.75, 3.05) is 0 Å². The number of hydrogen-bond acceptors (Lipinski definition) is 4. The van der Waals surface area contributed by atoms with Crippen molar-refractivity contribution in [1.82, 2.24) is 20.0 Å². The molecule has 0 fully saturated rings. The molecule has 0 aliphatic rings. The molecule has 0 bridgehead atoms. The van der Waals surface area contributed by atoms with Crippen molar-refractivity contribution in [2.45, 2.75) is 12.5 Å². The number of aryl methyl sites for hydroxylation is 1. The van der Waals surface area contributed by atoms with Crippen LogP contribution in [-0.2, 0) is 13.5 Å². The fourth-order valence-corrected chi connectivity index (χ4v) is 1.45. The molecule has 5 heteroatoms. The van der Waals surface area contributed by atoms with Crippen LogP contribution < -0.4 is 0 Å². The molecule has 2 heterocycles. The van der Waals surface area contributed by atoms with E-state index in [-0.39, 0.29) is 0 Å². The van der Waals surface area contributed by atoms with E-state index < -0.39 is 6.10 Å². The van der Waals surface area contributed by atoms with Gasteiger partial charge in [-0.25, -0.2) is 4.68 Å². The van der Waals surface area contributed by atoms with Gasteiger partial charge in [0.25, 0.3) is 0 Å².